The van der Waals surface area contributed by atoms with Crippen molar-refractivity contribution in [1.82, 2.24) is 5.32 Å². The number of hydrogen-bond acceptors (Lipinski definition) is 5. The number of anilines is 2. The molecule has 0 bridgehead atoms. The highest BCUT2D eigenvalue weighted by atomic mass is 16.6. The van der Waals surface area contributed by atoms with Crippen LogP contribution in [-0.4, -0.2) is 37.0 Å². The van der Waals surface area contributed by atoms with Crippen LogP contribution in [0.25, 0.3) is 0 Å². The molecule has 7 nitrogen and oxygen atoms in total. The average Bonchev–Trinajstić information content (AvgIpc) is 2.68. The van der Waals surface area contributed by atoms with E-state index in [1.807, 2.05) is 35.2 Å². The topological polar surface area (TPSA) is 87.5 Å². The molecule has 3 rings (SSSR count). The smallest absolute Gasteiger partial charge is 0.293 e. The molecule has 1 atom stereocenters. The van der Waals surface area contributed by atoms with E-state index in [-0.39, 0.29) is 17.6 Å². The second-order valence-electron chi connectivity index (χ2n) is 6.34. The first-order chi connectivity index (χ1) is 12.6. The summed E-state index contributed by atoms with van der Waals surface area (Å²) in [4.78, 5) is 24.9. The van der Waals surface area contributed by atoms with Gasteiger partial charge in [0.2, 0.25) is 0 Å². The summed E-state index contributed by atoms with van der Waals surface area (Å²) in [7, 11) is 1.51. The molecule has 0 radical (unpaired) electrons. The molecule has 7 heteroatoms. The Morgan fingerprint density at radius 2 is 2.00 bits per heavy atom. The van der Waals surface area contributed by atoms with E-state index in [4.69, 9.17) is 0 Å². The Bertz CT molecular complexity index is 795. The highest BCUT2D eigenvalue weighted by molar-refractivity contribution is 5.95. The number of nitrogens with zero attached hydrogens (tertiary/aromatic N) is 2. The van der Waals surface area contributed by atoms with Crippen LogP contribution in [0, 0.1) is 10.1 Å². The number of rotatable bonds is 5. The molecule has 0 saturated carbocycles. The molecule has 136 valence electrons. The Morgan fingerprint density at radius 1 is 1.23 bits per heavy atom. The fourth-order valence-electron chi connectivity index (χ4n) is 3.31. The maximum absolute atomic E-state index is 11.8. The molecule has 1 fully saturated rings. The number of nitro groups is 1. The molecule has 2 N–H and O–H groups in total. The Balaban J connectivity index is 1.81. The third kappa shape index (κ3) is 3.93. The maximum Gasteiger partial charge on any atom is 0.293 e. The Hall–Kier alpha value is -3.09. The highest BCUT2D eigenvalue weighted by Crippen LogP contribution is 2.32. The van der Waals surface area contributed by atoms with E-state index in [2.05, 4.69) is 10.6 Å². The van der Waals surface area contributed by atoms with Gasteiger partial charge in [-0.3, -0.25) is 14.9 Å². The summed E-state index contributed by atoms with van der Waals surface area (Å²) in [5.41, 5.74) is 1.86. The first-order valence-electron chi connectivity index (χ1n) is 8.65. The zero-order chi connectivity index (χ0) is 18.5. The predicted octanol–water partition coefficient (Wildman–Crippen LogP) is 3.04. The summed E-state index contributed by atoms with van der Waals surface area (Å²) in [6.45, 7) is 1.43. The largest absolute Gasteiger partial charge is 0.381 e. The predicted molar refractivity (Wildman–Crippen MR) is 102 cm³/mol. The Morgan fingerprint density at radius 3 is 2.69 bits per heavy atom. The Kier molecular flexibility index (Phi) is 5.36. The molecule has 2 aromatic rings. The van der Waals surface area contributed by atoms with Crippen molar-refractivity contribution < 1.29 is 9.72 Å². The van der Waals surface area contributed by atoms with Gasteiger partial charge in [-0.25, -0.2) is 0 Å². The van der Waals surface area contributed by atoms with Gasteiger partial charge >= 0.3 is 0 Å². The SMILES string of the molecule is CNC(=O)c1ccc(N2CCCC(Nc3ccccc3)C2)c([N+](=O)[O-])c1. The van der Waals surface area contributed by atoms with Gasteiger partial charge in [0.1, 0.15) is 5.69 Å². The van der Waals surface area contributed by atoms with Crippen molar-refractivity contribution >= 4 is 23.0 Å². The number of para-hydroxylation sites is 1. The third-order valence-corrected chi connectivity index (χ3v) is 4.57. The van der Waals surface area contributed by atoms with Crippen LogP contribution >= 0.6 is 0 Å². The van der Waals surface area contributed by atoms with E-state index in [0.29, 0.717) is 17.8 Å². The standard InChI is InChI=1S/C19H22N4O3/c1-20-19(24)14-9-10-17(18(12-14)23(25)26)22-11-5-8-16(13-22)21-15-6-3-2-4-7-15/h2-4,6-7,9-10,12,16,21H,5,8,11,13H2,1H3,(H,20,24). The number of carbonyl (C=O) groups excluding carboxylic acids is 1. The molecule has 0 aliphatic carbocycles. The fraction of sp³-hybridized carbons (Fsp3) is 0.316. The average molecular weight is 354 g/mol. The quantitative estimate of drug-likeness (QED) is 0.636. The summed E-state index contributed by atoms with van der Waals surface area (Å²) in [5, 5.41) is 17.5. The van der Waals surface area contributed by atoms with Crippen LogP contribution in [0.5, 0.6) is 0 Å². The molecule has 0 aromatic heterocycles. The summed E-state index contributed by atoms with van der Waals surface area (Å²) in [6.07, 6.45) is 1.95. The summed E-state index contributed by atoms with van der Waals surface area (Å²) in [6, 6.07) is 14.8. The highest BCUT2D eigenvalue weighted by Gasteiger charge is 2.26. The van der Waals surface area contributed by atoms with Crippen LogP contribution in [0.4, 0.5) is 17.1 Å². The number of nitro benzene ring substituents is 1. The van der Waals surface area contributed by atoms with Gasteiger partial charge in [-0.05, 0) is 37.1 Å². The zero-order valence-electron chi connectivity index (χ0n) is 14.6. The van der Waals surface area contributed by atoms with E-state index in [0.717, 1.165) is 25.1 Å². The van der Waals surface area contributed by atoms with Crippen LogP contribution in [0.15, 0.2) is 48.5 Å². The number of carbonyl (C=O) groups is 1. The number of amides is 1. The maximum atomic E-state index is 11.8. The molecule has 1 heterocycles. The monoisotopic (exact) mass is 354 g/mol. The number of benzene rings is 2. The molecule has 1 aliphatic rings. The molecule has 1 amide bonds. The van der Waals surface area contributed by atoms with Gasteiger partial charge < -0.3 is 15.5 Å². The number of hydrogen-bond donors (Lipinski definition) is 2. The van der Waals surface area contributed by atoms with Gasteiger partial charge in [-0.15, -0.1) is 0 Å². The number of nitrogens with one attached hydrogen (secondary N) is 2. The van der Waals surface area contributed by atoms with Gasteiger partial charge in [0, 0.05) is 43.5 Å². The van der Waals surface area contributed by atoms with E-state index < -0.39 is 4.92 Å². The van der Waals surface area contributed by atoms with E-state index in [1.165, 1.54) is 13.1 Å². The van der Waals surface area contributed by atoms with Gasteiger partial charge in [-0.2, -0.15) is 0 Å². The second kappa shape index (κ2) is 7.86. The van der Waals surface area contributed by atoms with Crippen LogP contribution in [0.2, 0.25) is 0 Å². The van der Waals surface area contributed by atoms with E-state index in [9.17, 15) is 14.9 Å². The minimum Gasteiger partial charge on any atom is -0.381 e. The van der Waals surface area contributed by atoms with Gasteiger partial charge in [0.25, 0.3) is 11.6 Å². The van der Waals surface area contributed by atoms with Crippen molar-refractivity contribution in [2.24, 2.45) is 0 Å². The van der Waals surface area contributed by atoms with Crippen molar-refractivity contribution in [3.8, 4) is 0 Å². The van der Waals surface area contributed by atoms with E-state index in [1.54, 1.807) is 12.1 Å². The molecule has 2 aromatic carbocycles. The van der Waals surface area contributed by atoms with Crippen molar-refractivity contribution in [2.75, 3.05) is 30.4 Å². The summed E-state index contributed by atoms with van der Waals surface area (Å²) >= 11 is 0. The number of piperidine rings is 1. The van der Waals surface area contributed by atoms with Gasteiger partial charge in [0.15, 0.2) is 0 Å². The lowest BCUT2D eigenvalue weighted by molar-refractivity contribution is -0.384. The minimum absolute atomic E-state index is 0.0357. The molecular weight excluding hydrogens is 332 g/mol. The summed E-state index contributed by atoms with van der Waals surface area (Å²) < 4.78 is 0. The first kappa shape index (κ1) is 17.7. The molecule has 0 spiro atoms. The lowest BCUT2D eigenvalue weighted by atomic mass is 10.0. The lowest BCUT2D eigenvalue weighted by Crippen LogP contribution is -2.42. The van der Waals surface area contributed by atoms with Crippen LogP contribution < -0.4 is 15.5 Å². The second-order valence-corrected chi connectivity index (χ2v) is 6.34. The van der Waals surface area contributed by atoms with Crippen molar-refractivity contribution in [3.63, 3.8) is 0 Å². The van der Waals surface area contributed by atoms with E-state index >= 15 is 0 Å². The lowest BCUT2D eigenvalue weighted by Gasteiger charge is -2.35. The molecule has 1 unspecified atom stereocenters. The normalized spacial score (nSPS) is 16.8. The van der Waals surface area contributed by atoms with Crippen LogP contribution in [-0.2, 0) is 0 Å². The zero-order valence-corrected chi connectivity index (χ0v) is 14.6. The minimum atomic E-state index is -0.421. The third-order valence-electron chi connectivity index (χ3n) is 4.57. The van der Waals surface area contributed by atoms with Crippen LogP contribution in [0.3, 0.4) is 0 Å². The van der Waals surface area contributed by atoms with Crippen molar-refractivity contribution in [3.05, 3.63) is 64.2 Å². The van der Waals surface area contributed by atoms with Gasteiger partial charge in [0.05, 0.1) is 4.92 Å². The Labute approximate surface area is 152 Å². The summed E-state index contributed by atoms with van der Waals surface area (Å²) in [5.74, 6) is -0.332. The molecule has 26 heavy (non-hydrogen) atoms. The van der Waals surface area contributed by atoms with Crippen molar-refractivity contribution in [1.29, 1.82) is 0 Å². The fourth-order valence-corrected chi connectivity index (χ4v) is 3.31. The molecule has 1 saturated heterocycles. The molecular formula is C19H22N4O3. The van der Waals surface area contributed by atoms with Gasteiger partial charge in [-0.1, -0.05) is 18.2 Å². The van der Waals surface area contributed by atoms with Crippen molar-refractivity contribution in [2.45, 2.75) is 18.9 Å². The molecule has 1 aliphatic heterocycles. The van der Waals surface area contributed by atoms with Crippen LogP contribution in [0.1, 0.15) is 23.2 Å². The first-order valence-corrected chi connectivity index (χ1v) is 8.65.